The minimum atomic E-state index is -0.287. The van der Waals surface area contributed by atoms with Crippen molar-refractivity contribution in [3.63, 3.8) is 0 Å². The molecule has 0 aliphatic rings. The lowest BCUT2D eigenvalue weighted by Gasteiger charge is -2.14. The Morgan fingerprint density at radius 2 is 2.16 bits per heavy atom. The highest BCUT2D eigenvalue weighted by atomic mass is 16.5. The predicted molar refractivity (Wildman–Crippen MR) is 65.4 cm³/mol. The van der Waals surface area contributed by atoms with Gasteiger partial charge in [0, 0.05) is 33.2 Å². The van der Waals surface area contributed by atoms with E-state index in [0.717, 1.165) is 0 Å². The number of ether oxygens (including phenoxy) is 2. The zero-order valence-electron chi connectivity index (χ0n) is 11.3. The second-order valence-electron chi connectivity index (χ2n) is 4.02. The van der Waals surface area contributed by atoms with Gasteiger partial charge in [0.2, 0.25) is 0 Å². The molecule has 7 heteroatoms. The number of amides is 1. The number of hydrogen-bond donors (Lipinski definition) is 0. The van der Waals surface area contributed by atoms with E-state index in [4.69, 9.17) is 9.26 Å². The normalized spacial score (nSPS) is 10.3. The molecule has 0 radical (unpaired) electrons. The second kappa shape index (κ2) is 7.52. The summed E-state index contributed by atoms with van der Waals surface area (Å²) in [5, 5.41) is 3.68. The number of methoxy groups -OCH3 is 2. The largest absolute Gasteiger partial charge is 0.469 e. The van der Waals surface area contributed by atoms with Gasteiger partial charge >= 0.3 is 5.97 Å². The molecule has 106 valence electrons. The number of hydrogen-bond acceptors (Lipinski definition) is 6. The molecule has 1 aromatic rings. The van der Waals surface area contributed by atoms with Crippen molar-refractivity contribution < 1.29 is 23.6 Å². The van der Waals surface area contributed by atoms with E-state index in [-0.39, 0.29) is 30.6 Å². The predicted octanol–water partition coefficient (Wildman–Crippen LogP) is 0.846. The van der Waals surface area contributed by atoms with Crippen molar-refractivity contribution in [2.75, 3.05) is 27.8 Å². The van der Waals surface area contributed by atoms with Crippen LogP contribution in [-0.2, 0) is 20.9 Å². The Balaban J connectivity index is 2.44. The van der Waals surface area contributed by atoms with E-state index in [1.807, 2.05) is 0 Å². The van der Waals surface area contributed by atoms with Gasteiger partial charge in [-0.1, -0.05) is 5.16 Å². The molecule has 0 saturated heterocycles. The minimum absolute atomic E-state index is 0.229. The van der Waals surface area contributed by atoms with Crippen LogP contribution in [0.25, 0.3) is 0 Å². The number of rotatable bonds is 7. The van der Waals surface area contributed by atoms with E-state index in [2.05, 4.69) is 9.89 Å². The van der Waals surface area contributed by atoms with Crippen LogP contribution in [0.2, 0.25) is 0 Å². The summed E-state index contributed by atoms with van der Waals surface area (Å²) in [6.45, 7) is 0.715. The van der Waals surface area contributed by atoms with Gasteiger partial charge < -0.3 is 18.9 Å². The first kappa shape index (κ1) is 15.2. The van der Waals surface area contributed by atoms with Crippen LogP contribution in [0, 0.1) is 0 Å². The van der Waals surface area contributed by atoms with Crippen LogP contribution >= 0.6 is 0 Å². The van der Waals surface area contributed by atoms with Gasteiger partial charge in [0.15, 0.2) is 11.5 Å². The minimum Gasteiger partial charge on any atom is -0.469 e. The van der Waals surface area contributed by atoms with E-state index in [0.29, 0.717) is 18.7 Å². The molecule has 1 aromatic heterocycles. The van der Waals surface area contributed by atoms with E-state index in [9.17, 15) is 9.59 Å². The zero-order chi connectivity index (χ0) is 14.3. The van der Waals surface area contributed by atoms with Gasteiger partial charge in [-0.15, -0.1) is 0 Å². The summed E-state index contributed by atoms with van der Waals surface area (Å²) in [7, 11) is 4.51. The van der Waals surface area contributed by atoms with Gasteiger partial charge in [0.1, 0.15) is 6.61 Å². The number of esters is 1. The van der Waals surface area contributed by atoms with Crippen molar-refractivity contribution >= 4 is 11.9 Å². The maximum absolute atomic E-state index is 12.0. The van der Waals surface area contributed by atoms with Gasteiger partial charge in [-0.05, 0) is 6.42 Å². The van der Waals surface area contributed by atoms with Gasteiger partial charge in [0.05, 0.1) is 7.11 Å². The molecule has 0 unspecified atom stereocenters. The van der Waals surface area contributed by atoms with Crippen LogP contribution < -0.4 is 0 Å². The van der Waals surface area contributed by atoms with Crippen molar-refractivity contribution in [2.24, 2.45) is 0 Å². The maximum Gasteiger partial charge on any atom is 0.305 e. The fourth-order valence-corrected chi connectivity index (χ4v) is 1.48. The Bertz CT molecular complexity index is 430. The molecule has 19 heavy (non-hydrogen) atoms. The Morgan fingerprint density at radius 1 is 1.42 bits per heavy atom. The number of carbonyl (C=O) groups excluding carboxylic acids is 2. The summed E-state index contributed by atoms with van der Waals surface area (Å²) >= 11 is 0. The Kier molecular flexibility index (Phi) is 6.01. The van der Waals surface area contributed by atoms with Crippen molar-refractivity contribution in [3.05, 3.63) is 17.5 Å². The molecule has 0 bridgehead atoms. The lowest BCUT2D eigenvalue weighted by molar-refractivity contribution is -0.140. The Morgan fingerprint density at radius 3 is 2.79 bits per heavy atom. The Labute approximate surface area is 111 Å². The van der Waals surface area contributed by atoms with Crippen LogP contribution in [0.15, 0.2) is 10.6 Å². The highest BCUT2D eigenvalue weighted by Gasteiger charge is 2.16. The SMILES string of the molecule is COCc1cc(C(=O)N(C)CCCC(=O)OC)no1. The van der Waals surface area contributed by atoms with E-state index in [1.54, 1.807) is 13.1 Å². The number of carbonyl (C=O) groups is 2. The van der Waals surface area contributed by atoms with Crippen LogP contribution in [-0.4, -0.2) is 49.7 Å². The molecule has 7 nitrogen and oxygen atoms in total. The van der Waals surface area contributed by atoms with Crippen LogP contribution in [0.1, 0.15) is 29.1 Å². The standard InChI is InChI=1S/C12H18N2O5/c1-14(6-4-5-11(15)18-3)12(16)10-7-9(8-17-2)19-13-10/h7H,4-6,8H2,1-3H3. The van der Waals surface area contributed by atoms with Crippen molar-refractivity contribution in [1.29, 1.82) is 0 Å². The van der Waals surface area contributed by atoms with Crippen LogP contribution in [0.4, 0.5) is 0 Å². The van der Waals surface area contributed by atoms with Crippen LogP contribution in [0.3, 0.4) is 0 Å². The van der Waals surface area contributed by atoms with Gasteiger partial charge in [0.25, 0.3) is 5.91 Å². The molecule has 1 amide bonds. The summed E-state index contributed by atoms with van der Waals surface area (Å²) in [6.07, 6.45) is 0.819. The first-order chi connectivity index (χ1) is 9.08. The topological polar surface area (TPSA) is 81.9 Å². The molecule has 0 spiro atoms. The molecule has 0 aromatic carbocycles. The average molecular weight is 270 g/mol. The smallest absolute Gasteiger partial charge is 0.305 e. The molecule has 0 saturated carbocycles. The quantitative estimate of drug-likeness (QED) is 0.683. The van der Waals surface area contributed by atoms with E-state index < -0.39 is 0 Å². The summed E-state index contributed by atoms with van der Waals surface area (Å²) in [5.74, 6) is -0.0468. The monoisotopic (exact) mass is 270 g/mol. The molecular weight excluding hydrogens is 252 g/mol. The average Bonchev–Trinajstić information content (AvgIpc) is 2.86. The molecule has 0 atom stereocenters. The Hall–Kier alpha value is -1.89. The third kappa shape index (κ3) is 4.70. The summed E-state index contributed by atoms with van der Waals surface area (Å²) in [4.78, 5) is 24.4. The highest BCUT2D eigenvalue weighted by Crippen LogP contribution is 2.08. The van der Waals surface area contributed by atoms with E-state index >= 15 is 0 Å². The van der Waals surface area contributed by atoms with Crippen molar-refractivity contribution in [1.82, 2.24) is 10.1 Å². The first-order valence-corrected chi connectivity index (χ1v) is 5.85. The van der Waals surface area contributed by atoms with E-state index in [1.165, 1.54) is 19.1 Å². The maximum atomic E-state index is 12.0. The molecule has 1 rings (SSSR count). The summed E-state index contributed by atoms with van der Waals surface area (Å²) < 4.78 is 14.3. The van der Waals surface area contributed by atoms with Gasteiger partial charge in [-0.3, -0.25) is 9.59 Å². The number of nitrogens with zero attached hydrogens (tertiary/aromatic N) is 2. The first-order valence-electron chi connectivity index (χ1n) is 5.85. The zero-order valence-corrected chi connectivity index (χ0v) is 11.3. The molecule has 1 heterocycles. The second-order valence-corrected chi connectivity index (χ2v) is 4.02. The third-order valence-electron chi connectivity index (χ3n) is 2.51. The molecular formula is C12H18N2O5. The van der Waals surface area contributed by atoms with Crippen LogP contribution in [0.5, 0.6) is 0 Å². The van der Waals surface area contributed by atoms with Gasteiger partial charge in [-0.25, -0.2) is 0 Å². The fraction of sp³-hybridized carbons (Fsp3) is 0.583. The molecule has 0 aliphatic heterocycles. The van der Waals surface area contributed by atoms with Crippen molar-refractivity contribution in [2.45, 2.75) is 19.4 Å². The molecule has 0 fully saturated rings. The fourth-order valence-electron chi connectivity index (χ4n) is 1.48. The third-order valence-corrected chi connectivity index (χ3v) is 2.51. The highest BCUT2D eigenvalue weighted by molar-refractivity contribution is 5.92. The lowest BCUT2D eigenvalue weighted by atomic mass is 10.2. The molecule has 0 N–H and O–H groups in total. The lowest BCUT2D eigenvalue weighted by Crippen LogP contribution is -2.28. The summed E-state index contributed by atoms with van der Waals surface area (Å²) in [6, 6.07) is 1.54. The number of aromatic nitrogens is 1. The molecule has 0 aliphatic carbocycles. The summed E-state index contributed by atoms with van der Waals surface area (Å²) in [5.41, 5.74) is 0.229. The van der Waals surface area contributed by atoms with Crippen molar-refractivity contribution in [3.8, 4) is 0 Å². The van der Waals surface area contributed by atoms with Gasteiger partial charge in [-0.2, -0.15) is 0 Å².